The Morgan fingerprint density at radius 1 is 1.06 bits per heavy atom. The molecule has 18 heavy (non-hydrogen) atoms. The maximum atomic E-state index is 2.72. The van der Waals surface area contributed by atoms with Crippen molar-refractivity contribution < 1.29 is 0 Å². The van der Waals surface area contributed by atoms with E-state index < -0.39 is 0 Å². The summed E-state index contributed by atoms with van der Waals surface area (Å²) >= 11 is 1.92. The molecule has 0 radical (unpaired) electrons. The Morgan fingerprint density at radius 2 is 1.72 bits per heavy atom. The number of thiophene rings is 1. The zero-order chi connectivity index (χ0) is 13.2. The molecule has 0 saturated heterocycles. The maximum Gasteiger partial charge on any atom is 0.0441 e. The maximum absolute atomic E-state index is 2.72. The van der Waals surface area contributed by atoms with Crippen LogP contribution in [0.5, 0.6) is 0 Å². The topological polar surface area (TPSA) is 3.24 Å². The molecule has 0 aliphatic carbocycles. The molecule has 1 aromatic rings. The van der Waals surface area contributed by atoms with Gasteiger partial charge >= 0.3 is 0 Å². The van der Waals surface area contributed by atoms with Gasteiger partial charge in [-0.05, 0) is 43.8 Å². The largest absolute Gasteiger partial charge is 0.296 e. The quantitative estimate of drug-likeness (QED) is 0.541. The number of rotatable bonds is 10. The lowest BCUT2D eigenvalue weighted by Crippen LogP contribution is -2.30. The van der Waals surface area contributed by atoms with Gasteiger partial charge in [-0.15, -0.1) is 11.3 Å². The van der Waals surface area contributed by atoms with Gasteiger partial charge in [0, 0.05) is 10.9 Å². The van der Waals surface area contributed by atoms with E-state index in [0.717, 1.165) is 0 Å². The molecule has 0 N–H and O–H groups in total. The average Bonchev–Trinajstić information content (AvgIpc) is 2.90. The smallest absolute Gasteiger partial charge is 0.0441 e. The minimum Gasteiger partial charge on any atom is -0.296 e. The van der Waals surface area contributed by atoms with Gasteiger partial charge in [-0.25, -0.2) is 0 Å². The van der Waals surface area contributed by atoms with Gasteiger partial charge in [0.05, 0.1) is 0 Å². The third kappa shape index (κ3) is 5.11. The van der Waals surface area contributed by atoms with Crippen molar-refractivity contribution in [1.82, 2.24) is 4.90 Å². The fraction of sp³-hybridized carbons (Fsp3) is 0.750. The van der Waals surface area contributed by atoms with Crippen molar-refractivity contribution in [3.05, 3.63) is 22.4 Å². The Morgan fingerprint density at radius 3 is 2.17 bits per heavy atom. The highest BCUT2D eigenvalue weighted by Crippen LogP contribution is 2.29. The Labute approximate surface area is 117 Å². The molecule has 0 bridgehead atoms. The van der Waals surface area contributed by atoms with Crippen LogP contribution in [0.25, 0.3) is 0 Å². The molecule has 104 valence electrons. The summed E-state index contributed by atoms with van der Waals surface area (Å²) in [6, 6.07) is 5.17. The highest BCUT2D eigenvalue weighted by Gasteiger charge is 2.19. The number of nitrogens with zero attached hydrogens (tertiary/aromatic N) is 1. The molecule has 0 saturated carbocycles. The van der Waals surface area contributed by atoms with E-state index in [1.807, 2.05) is 11.3 Å². The minimum absolute atomic E-state index is 0.660. The van der Waals surface area contributed by atoms with Crippen LogP contribution in [0.15, 0.2) is 17.5 Å². The van der Waals surface area contributed by atoms with E-state index in [1.165, 1.54) is 51.6 Å². The molecule has 0 fully saturated rings. The molecule has 1 nitrogen and oxygen atoms in total. The van der Waals surface area contributed by atoms with Crippen molar-refractivity contribution in [1.29, 1.82) is 0 Å². The van der Waals surface area contributed by atoms with Crippen LogP contribution in [0.2, 0.25) is 0 Å². The van der Waals surface area contributed by atoms with Crippen molar-refractivity contribution in [2.24, 2.45) is 0 Å². The fourth-order valence-electron chi connectivity index (χ4n) is 2.40. The van der Waals surface area contributed by atoms with E-state index >= 15 is 0 Å². The first-order chi connectivity index (χ1) is 8.83. The molecule has 1 unspecified atom stereocenters. The van der Waals surface area contributed by atoms with E-state index in [9.17, 15) is 0 Å². The van der Waals surface area contributed by atoms with Crippen molar-refractivity contribution >= 4 is 11.3 Å². The number of hydrogen-bond donors (Lipinski definition) is 0. The second kappa shape index (κ2) is 9.57. The van der Waals surface area contributed by atoms with Crippen LogP contribution >= 0.6 is 11.3 Å². The lowest BCUT2D eigenvalue weighted by atomic mass is 10.1. The standard InChI is InChI=1S/C16H29NS/c1-4-7-12-17(13-8-5-2)15(10-6-3)16-11-9-14-18-16/h9,11,14-15H,4-8,10,12-13H2,1-3H3. The first-order valence-electron chi connectivity index (χ1n) is 7.60. The van der Waals surface area contributed by atoms with Gasteiger partial charge in [-0.1, -0.05) is 46.1 Å². The predicted octanol–water partition coefficient (Wildman–Crippen LogP) is 5.49. The predicted molar refractivity (Wildman–Crippen MR) is 83.4 cm³/mol. The number of hydrogen-bond acceptors (Lipinski definition) is 2. The van der Waals surface area contributed by atoms with E-state index in [4.69, 9.17) is 0 Å². The molecule has 1 aromatic heterocycles. The third-order valence-electron chi connectivity index (χ3n) is 3.47. The van der Waals surface area contributed by atoms with Gasteiger partial charge in [0.1, 0.15) is 0 Å². The summed E-state index contributed by atoms with van der Waals surface area (Å²) in [7, 11) is 0. The van der Waals surface area contributed by atoms with Crippen LogP contribution < -0.4 is 0 Å². The molecule has 0 aliphatic rings. The Bertz CT molecular complexity index is 273. The third-order valence-corrected chi connectivity index (χ3v) is 4.45. The molecule has 0 aromatic carbocycles. The summed E-state index contributed by atoms with van der Waals surface area (Å²) in [5.74, 6) is 0. The average molecular weight is 267 g/mol. The fourth-order valence-corrected chi connectivity index (χ4v) is 3.30. The van der Waals surface area contributed by atoms with E-state index in [2.05, 4.69) is 43.2 Å². The summed E-state index contributed by atoms with van der Waals surface area (Å²) in [6.45, 7) is 9.41. The lowest BCUT2D eigenvalue weighted by molar-refractivity contribution is 0.183. The normalized spacial score (nSPS) is 13.1. The first kappa shape index (κ1) is 15.7. The molecule has 1 heterocycles. The molecule has 0 aliphatic heterocycles. The Balaban J connectivity index is 2.69. The summed E-state index contributed by atoms with van der Waals surface area (Å²) in [6.07, 6.45) is 7.83. The van der Waals surface area contributed by atoms with Crippen molar-refractivity contribution in [3.63, 3.8) is 0 Å². The second-order valence-electron chi connectivity index (χ2n) is 5.06. The lowest BCUT2D eigenvalue weighted by Gasteiger charge is -2.31. The van der Waals surface area contributed by atoms with Crippen LogP contribution in [0.4, 0.5) is 0 Å². The second-order valence-corrected chi connectivity index (χ2v) is 6.04. The van der Waals surface area contributed by atoms with Crippen LogP contribution in [0, 0.1) is 0 Å². The highest BCUT2D eigenvalue weighted by atomic mass is 32.1. The van der Waals surface area contributed by atoms with Gasteiger partial charge in [0.15, 0.2) is 0 Å². The molecule has 1 atom stereocenters. The Hall–Kier alpha value is -0.340. The van der Waals surface area contributed by atoms with E-state index in [1.54, 1.807) is 4.88 Å². The number of unbranched alkanes of at least 4 members (excludes halogenated alkanes) is 2. The van der Waals surface area contributed by atoms with Crippen LogP contribution in [-0.2, 0) is 0 Å². The SMILES string of the molecule is CCCCN(CCCC)C(CCC)c1cccs1. The zero-order valence-corrected chi connectivity index (χ0v) is 13.1. The van der Waals surface area contributed by atoms with Gasteiger partial charge in [0.25, 0.3) is 0 Å². The summed E-state index contributed by atoms with van der Waals surface area (Å²) in [5, 5.41) is 2.22. The van der Waals surface area contributed by atoms with Gasteiger partial charge < -0.3 is 0 Å². The van der Waals surface area contributed by atoms with E-state index in [0.29, 0.717) is 6.04 Å². The van der Waals surface area contributed by atoms with Crippen molar-refractivity contribution in [2.75, 3.05) is 13.1 Å². The van der Waals surface area contributed by atoms with Crippen molar-refractivity contribution in [3.8, 4) is 0 Å². The minimum atomic E-state index is 0.660. The van der Waals surface area contributed by atoms with Crippen molar-refractivity contribution in [2.45, 2.75) is 65.3 Å². The first-order valence-corrected chi connectivity index (χ1v) is 8.48. The molecule has 0 amide bonds. The summed E-state index contributed by atoms with van der Waals surface area (Å²) in [4.78, 5) is 4.28. The molecule has 2 heteroatoms. The van der Waals surface area contributed by atoms with Gasteiger partial charge in [0.2, 0.25) is 0 Å². The van der Waals surface area contributed by atoms with Crippen LogP contribution in [-0.4, -0.2) is 18.0 Å². The molecule has 1 rings (SSSR count). The monoisotopic (exact) mass is 267 g/mol. The van der Waals surface area contributed by atoms with Gasteiger partial charge in [-0.2, -0.15) is 0 Å². The molecule has 0 spiro atoms. The summed E-state index contributed by atoms with van der Waals surface area (Å²) < 4.78 is 0. The van der Waals surface area contributed by atoms with Crippen LogP contribution in [0.3, 0.4) is 0 Å². The molecular formula is C16H29NS. The highest BCUT2D eigenvalue weighted by molar-refractivity contribution is 7.10. The van der Waals surface area contributed by atoms with Crippen LogP contribution in [0.1, 0.15) is 70.2 Å². The Kier molecular flexibility index (Phi) is 8.36. The van der Waals surface area contributed by atoms with Gasteiger partial charge in [-0.3, -0.25) is 4.90 Å². The zero-order valence-electron chi connectivity index (χ0n) is 12.3. The van der Waals surface area contributed by atoms with E-state index in [-0.39, 0.29) is 0 Å². The summed E-state index contributed by atoms with van der Waals surface area (Å²) in [5.41, 5.74) is 0. The molecular weight excluding hydrogens is 238 g/mol.